The first-order chi connectivity index (χ1) is 27.2. The molecule has 0 aliphatic heterocycles. The molecule has 0 N–H and O–H groups in total. The first kappa shape index (κ1) is 31.4. The topological polar surface area (TPSA) is 65.0 Å². The Hall–Kier alpha value is -7.11. The summed E-state index contributed by atoms with van der Waals surface area (Å²) in [5.74, 6) is 2.26. The van der Waals surface area contributed by atoms with E-state index in [-0.39, 0.29) is 11.8 Å². The lowest BCUT2D eigenvalue weighted by molar-refractivity contribution is 0.662. The molecule has 0 saturated heterocycles. The highest BCUT2D eigenvalue weighted by Crippen LogP contribution is 2.46. The second kappa shape index (κ2) is 12.5. The molecular formula is C50H33N3O2. The summed E-state index contributed by atoms with van der Waals surface area (Å²) in [7, 11) is 0. The second-order valence-corrected chi connectivity index (χ2v) is 14.3. The number of allylic oxidation sites excluding steroid dienone is 1. The summed E-state index contributed by atoms with van der Waals surface area (Å²) < 4.78 is 12.9. The van der Waals surface area contributed by atoms with Crippen LogP contribution in [0.15, 0.2) is 173 Å². The summed E-state index contributed by atoms with van der Waals surface area (Å²) in [5.41, 5.74) is 12.3. The minimum absolute atomic E-state index is 0.168. The molecule has 10 aromatic rings. The van der Waals surface area contributed by atoms with Crippen LogP contribution < -0.4 is 0 Å². The van der Waals surface area contributed by atoms with Gasteiger partial charge >= 0.3 is 0 Å². The lowest BCUT2D eigenvalue weighted by Crippen LogP contribution is -2.11. The molecular weight excluding hydrogens is 675 g/mol. The first-order valence-electron chi connectivity index (χ1n) is 18.7. The Labute approximate surface area is 317 Å². The van der Waals surface area contributed by atoms with Crippen LogP contribution in [-0.4, -0.2) is 15.0 Å². The Kier molecular flexibility index (Phi) is 7.14. The van der Waals surface area contributed by atoms with Crippen molar-refractivity contribution in [3.8, 4) is 45.3 Å². The molecule has 0 spiro atoms. The highest BCUT2D eigenvalue weighted by molar-refractivity contribution is 6.12. The third-order valence-corrected chi connectivity index (χ3v) is 11.2. The molecule has 7 aromatic carbocycles. The van der Waals surface area contributed by atoms with Crippen molar-refractivity contribution in [1.82, 2.24) is 15.0 Å². The van der Waals surface area contributed by atoms with E-state index in [9.17, 15) is 0 Å². The number of para-hydroxylation sites is 2. The Morgan fingerprint density at radius 1 is 0.455 bits per heavy atom. The lowest BCUT2D eigenvalue weighted by atomic mass is 9.75. The zero-order valence-corrected chi connectivity index (χ0v) is 30.0. The maximum absolute atomic E-state index is 6.61. The van der Waals surface area contributed by atoms with Crippen molar-refractivity contribution in [1.29, 1.82) is 0 Å². The molecule has 0 bridgehead atoms. The van der Waals surface area contributed by atoms with Crippen molar-refractivity contribution >= 4 is 50.0 Å². The van der Waals surface area contributed by atoms with Crippen molar-refractivity contribution in [3.05, 3.63) is 180 Å². The number of nitrogens with zero attached hydrogens (tertiary/aromatic N) is 3. The molecule has 3 aromatic heterocycles. The highest BCUT2D eigenvalue weighted by atomic mass is 16.3. The van der Waals surface area contributed by atoms with Gasteiger partial charge in [-0.05, 0) is 52.4 Å². The molecule has 1 aliphatic carbocycles. The van der Waals surface area contributed by atoms with Gasteiger partial charge in [-0.2, -0.15) is 0 Å². The summed E-state index contributed by atoms with van der Waals surface area (Å²) in [4.78, 5) is 15.3. The third-order valence-electron chi connectivity index (χ3n) is 11.2. The van der Waals surface area contributed by atoms with E-state index in [1.165, 1.54) is 22.1 Å². The number of aromatic nitrogens is 3. The van der Waals surface area contributed by atoms with E-state index < -0.39 is 0 Å². The normalized spacial score (nSPS) is 15.3. The van der Waals surface area contributed by atoms with Crippen LogP contribution in [0, 0.1) is 0 Å². The molecule has 5 heteroatoms. The number of rotatable bonds is 5. The zero-order chi connectivity index (χ0) is 36.5. The minimum atomic E-state index is 0.168. The van der Waals surface area contributed by atoms with Gasteiger partial charge in [0, 0.05) is 49.7 Å². The summed E-state index contributed by atoms with van der Waals surface area (Å²) in [6.45, 7) is 2.33. The Morgan fingerprint density at radius 3 is 1.93 bits per heavy atom. The molecule has 0 amide bonds. The number of hydrogen-bond acceptors (Lipinski definition) is 5. The van der Waals surface area contributed by atoms with Gasteiger partial charge < -0.3 is 8.83 Å². The molecule has 3 heterocycles. The maximum Gasteiger partial charge on any atom is 0.164 e. The third kappa shape index (κ3) is 5.12. The SMILES string of the molecule is CC1c2ccc(-c3nc(-c4ccccc4)nc(-c4cccc5oc6ccccc6c45)n3)cc2C=CC1c1cccc2oc3c(-c4ccccc4)cccc3c12. The van der Waals surface area contributed by atoms with Gasteiger partial charge in [-0.15, -0.1) is 0 Å². The zero-order valence-electron chi connectivity index (χ0n) is 30.0. The maximum atomic E-state index is 6.61. The van der Waals surface area contributed by atoms with Crippen LogP contribution in [0.4, 0.5) is 0 Å². The molecule has 55 heavy (non-hydrogen) atoms. The van der Waals surface area contributed by atoms with Crippen molar-refractivity contribution < 1.29 is 8.83 Å². The van der Waals surface area contributed by atoms with E-state index in [0.717, 1.165) is 66.3 Å². The molecule has 2 atom stereocenters. The Morgan fingerprint density at radius 2 is 1.09 bits per heavy atom. The van der Waals surface area contributed by atoms with Crippen LogP contribution in [-0.2, 0) is 0 Å². The van der Waals surface area contributed by atoms with E-state index in [2.05, 4.69) is 110 Å². The van der Waals surface area contributed by atoms with Crippen molar-refractivity contribution in [2.24, 2.45) is 0 Å². The van der Waals surface area contributed by atoms with Crippen LogP contribution in [0.5, 0.6) is 0 Å². The monoisotopic (exact) mass is 707 g/mol. The molecule has 1 aliphatic rings. The van der Waals surface area contributed by atoms with Gasteiger partial charge in [0.25, 0.3) is 0 Å². The predicted molar refractivity (Wildman–Crippen MR) is 223 cm³/mol. The Balaban J connectivity index is 1.01. The average molecular weight is 708 g/mol. The molecule has 0 radical (unpaired) electrons. The quantitative estimate of drug-likeness (QED) is 0.178. The van der Waals surface area contributed by atoms with Gasteiger partial charge in [-0.25, -0.2) is 15.0 Å². The number of hydrogen-bond donors (Lipinski definition) is 0. The van der Waals surface area contributed by atoms with Crippen LogP contribution in [0.2, 0.25) is 0 Å². The summed E-state index contributed by atoms with van der Waals surface area (Å²) in [6, 6.07) is 54.4. The molecule has 11 rings (SSSR count). The minimum Gasteiger partial charge on any atom is -0.456 e. The van der Waals surface area contributed by atoms with E-state index >= 15 is 0 Å². The molecule has 2 unspecified atom stereocenters. The number of benzene rings is 7. The number of furan rings is 2. The van der Waals surface area contributed by atoms with Gasteiger partial charge in [0.2, 0.25) is 0 Å². The molecule has 260 valence electrons. The smallest absolute Gasteiger partial charge is 0.164 e. The summed E-state index contributed by atoms with van der Waals surface area (Å²) in [5, 5.41) is 4.37. The van der Waals surface area contributed by atoms with Crippen LogP contribution >= 0.6 is 0 Å². The largest absolute Gasteiger partial charge is 0.456 e. The molecule has 0 fully saturated rings. The van der Waals surface area contributed by atoms with Gasteiger partial charge in [0.15, 0.2) is 17.5 Å². The fourth-order valence-electron chi connectivity index (χ4n) is 8.51. The van der Waals surface area contributed by atoms with Gasteiger partial charge in [0.1, 0.15) is 22.3 Å². The Bertz CT molecular complexity index is 3120. The average Bonchev–Trinajstić information content (AvgIpc) is 3.83. The highest BCUT2D eigenvalue weighted by Gasteiger charge is 2.28. The van der Waals surface area contributed by atoms with Crippen molar-refractivity contribution in [2.45, 2.75) is 18.8 Å². The van der Waals surface area contributed by atoms with E-state index in [1.54, 1.807) is 0 Å². The first-order valence-corrected chi connectivity index (χ1v) is 18.7. The second-order valence-electron chi connectivity index (χ2n) is 14.3. The predicted octanol–water partition coefficient (Wildman–Crippen LogP) is 13.3. The van der Waals surface area contributed by atoms with Crippen molar-refractivity contribution in [3.63, 3.8) is 0 Å². The van der Waals surface area contributed by atoms with Crippen LogP contribution in [0.3, 0.4) is 0 Å². The standard InChI is InChI=1S/C50H33N3O2/c1-30-35-27-26-34(29-33(35)25-28-36(30)38-19-11-24-44-45(38)40-20-10-18-37(47(40)55-44)31-13-4-2-5-14-31)49-51-48(32-15-6-3-7-16-32)52-50(53-49)41-21-12-23-43-46(41)39-17-8-9-22-42(39)54-43/h2-30,36H,1H3. The van der Waals surface area contributed by atoms with Gasteiger partial charge in [-0.3, -0.25) is 0 Å². The van der Waals surface area contributed by atoms with Crippen LogP contribution in [0.25, 0.3) is 95.2 Å². The van der Waals surface area contributed by atoms with Crippen molar-refractivity contribution in [2.75, 3.05) is 0 Å². The lowest BCUT2D eigenvalue weighted by Gasteiger charge is -2.28. The van der Waals surface area contributed by atoms with E-state index in [0.29, 0.717) is 17.5 Å². The fraction of sp³-hybridized carbons (Fsp3) is 0.0600. The summed E-state index contributed by atoms with van der Waals surface area (Å²) in [6.07, 6.45) is 4.61. The fourth-order valence-corrected chi connectivity index (χ4v) is 8.51. The molecule has 5 nitrogen and oxygen atoms in total. The van der Waals surface area contributed by atoms with Crippen LogP contribution in [0.1, 0.15) is 35.4 Å². The van der Waals surface area contributed by atoms with E-state index in [4.69, 9.17) is 23.8 Å². The molecule has 0 saturated carbocycles. The number of fused-ring (bicyclic) bond motifs is 7. The van der Waals surface area contributed by atoms with Gasteiger partial charge in [0.05, 0.1) is 0 Å². The van der Waals surface area contributed by atoms with E-state index in [1.807, 2.05) is 66.7 Å². The van der Waals surface area contributed by atoms with Gasteiger partial charge in [-0.1, -0.05) is 153 Å². The summed E-state index contributed by atoms with van der Waals surface area (Å²) >= 11 is 0.